The van der Waals surface area contributed by atoms with Crippen LogP contribution in [0.3, 0.4) is 0 Å². The summed E-state index contributed by atoms with van der Waals surface area (Å²) in [4.78, 5) is 0. The summed E-state index contributed by atoms with van der Waals surface area (Å²) < 4.78 is 0. The van der Waals surface area contributed by atoms with E-state index < -0.39 is 0 Å². The maximum absolute atomic E-state index is 4.00. The van der Waals surface area contributed by atoms with E-state index in [1.165, 1.54) is 129 Å². The van der Waals surface area contributed by atoms with Gasteiger partial charge in [-0.25, -0.2) is 0 Å². The largest absolute Gasteiger partial charge is 0.211 e. The number of rotatable bonds is 0. The summed E-state index contributed by atoms with van der Waals surface area (Å²) >= 11 is 8.21. The minimum absolute atomic E-state index is 0. The molecule has 0 heterocycles. The van der Waals surface area contributed by atoms with Gasteiger partial charge in [-0.15, -0.1) is 31.7 Å². The Labute approximate surface area is 345 Å². The van der Waals surface area contributed by atoms with Gasteiger partial charge in [0.25, 0.3) is 0 Å². The fraction of sp³-hybridized carbons (Fsp3) is 1.00. The van der Waals surface area contributed by atoms with Crippen molar-refractivity contribution in [3.8, 4) is 0 Å². The summed E-state index contributed by atoms with van der Waals surface area (Å²) in [7, 11) is 16.0. The second-order valence-corrected chi connectivity index (χ2v) is 12.7. The molecule has 0 saturated carbocycles. The van der Waals surface area contributed by atoms with Gasteiger partial charge < -0.3 is 0 Å². The summed E-state index contributed by atoms with van der Waals surface area (Å²) in [6, 6.07) is 0. The van der Waals surface area contributed by atoms with Crippen molar-refractivity contribution < 1.29 is 43.4 Å². The average molecular weight is 712 g/mol. The summed E-state index contributed by atoms with van der Waals surface area (Å²) in [6.07, 6.45) is 0. The van der Waals surface area contributed by atoms with Crippen molar-refractivity contribution in [3.05, 3.63) is 0 Å². The first kappa shape index (κ1) is 211. The van der Waals surface area contributed by atoms with E-state index in [0.717, 1.165) is 0 Å². The number of hydrogen-bond acceptors (Lipinski definition) is 0. The fourth-order valence-corrected chi connectivity index (χ4v) is 0. The van der Waals surface area contributed by atoms with Gasteiger partial charge in [-0.3, -0.25) is 0 Å². The van der Waals surface area contributed by atoms with E-state index >= 15 is 0 Å². The molecule has 0 rings (SSSR count). The van der Waals surface area contributed by atoms with Crippen LogP contribution in [0.5, 0.6) is 0 Å². The van der Waals surface area contributed by atoms with Crippen molar-refractivity contribution in [1.29, 1.82) is 0 Å². The molecule has 0 atom stereocenters. The van der Waals surface area contributed by atoms with Gasteiger partial charge >= 0.3 is 0 Å². The van der Waals surface area contributed by atoms with Crippen LogP contribution >= 0.6 is 0 Å². The monoisotopic (exact) mass is 713 g/mol. The van der Waals surface area contributed by atoms with E-state index in [4.69, 9.17) is 0 Å². The third-order valence-electron chi connectivity index (χ3n) is 0. The second-order valence-electron chi connectivity index (χ2n) is 4.24. The third kappa shape index (κ3) is 2730. The summed E-state index contributed by atoms with van der Waals surface area (Å²) in [5.74, 6) is 0. The van der Waals surface area contributed by atoms with E-state index in [1.807, 2.05) is 0 Å². The Morgan fingerprint density at radius 2 is 0.263 bits per heavy atom. The quantitative estimate of drug-likeness (QED) is 0.226. The smallest absolute Gasteiger partial charge is 0.104 e. The van der Waals surface area contributed by atoms with Crippen LogP contribution in [-0.2, 0) is 43.4 Å². The Balaban J connectivity index is -0.00000000254. The maximum Gasteiger partial charge on any atom is 0.211 e. The van der Waals surface area contributed by atoms with Crippen LogP contribution in [0.25, 0.3) is 0 Å². The Morgan fingerprint density at radius 3 is 0.263 bits per heavy atom. The van der Waals surface area contributed by atoms with Crippen LogP contribution in [0.15, 0.2) is 0 Å². The van der Waals surface area contributed by atoms with Crippen molar-refractivity contribution in [2.24, 2.45) is 0 Å². The van der Waals surface area contributed by atoms with Crippen LogP contribution in [0.4, 0.5) is 0 Å². The first-order chi connectivity index (χ1) is 10.5. The van der Waals surface area contributed by atoms with Crippen molar-refractivity contribution >= 4 is 129 Å². The molecule has 0 fully saturated rings. The molecule has 0 aromatic rings. The molecule has 0 aromatic carbocycles. The first-order valence-electron chi connectivity index (χ1n) is 9.15. The van der Waals surface area contributed by atoms with Crippen LogP contribution in [0.1, 0.15) is 146 Å². The van der Waals surface area contributed by atoms with Gasteiger partial charge in [-0.1, -0.05) is 146 Å². The summed E-state index contributed by atoms with van der Waals surface area (Å²) in [6.45, 7) is 13.1. The van der Waals surface area contributed by atoms with E-state index in [-0.39, 0.29) is 147 Å². The molecule has 0 aliphatic heterocycles. The zero-order valence-corrected chi connectivity index (χ0v) is 34.7. The second kappa shape index (κ2) is 591. The van der Waals surface area contributed by atoms with E-state index in [2.05, 4.69) is 72.5 Å². The predicted molar refractivity (Wildman–Crippen MR) is 231 cm³/mol. The molecule has 0 amide bonds. The van der Waals surface area contributed by atoms with Crippen molar-refractivity contribution in [3.63, 3.8) is 0 Å². The zero-order valence-electron chi connectivity index (χ0n) is 19.6. The normalized spacial score (nSPS) is 2.89. The standard InChI is InChI=1S/6C2H5.14CH4.6Al.2B2.2Ti.12H/c6*1-2;;;;;;;;;;;;;;;;;;;;;2*1-2;;;;;;;;;;;;;;/h6*1H2,2H3;14*1H4;;;;;;;;;;;;;;;;;;;;;;. The van der Waals surface area contributed by atoms with Crippen LogP contribution in [-0.4, -0.2) is 129 Å². The van der Waals surface area contributed by atoms with Crippen LogP contribution < -0.4 is 0 Å². The fourth-order valence-electron chi connectivity index (χ4n) is 0. The van der Waals surface area contributed by atoms with Gasteiger partial charge in [-0.2, -0.15) is 0 Å². The van der Waals surface area contributed by atoms with Gasteiger partial charge in [0.2, 0.25) is 97.7 Å². The minimum atomic E-state index is 0. The molecule has 0 bridgehead atoms. The molecular weight excluding hydrogens is 613 g/mol. The number of hydrogen-bond donors (Lipinski definition) is 0. The third-order valence-corrected chi connectivity index (χ3v) is 0. The minimum Gasteiger partial charge on any atom is -0.104 e. The average Bonchev–Trinajstić information content (AvgIpc) is 2.48. The van der Waals surface area contributed by atoms with Gasteiger partial charge in [0.05, 0.1) is 0 Å². The van der Waals surface area contributed by atoms with Crippen molar-refractivity contribution in [2.75, 3.05) is 0 Å². The SMILES string of the molecule is C.C.C.C.C.C.C.C.C.C.C.C.C.C.C[CH2][AlH2].C[CH2][AlH2].C[CH2][AlH2].C[CH2][AlH2].C[CH2][AlH2].C[CH2][AlH2].[B][B].[B][B].[Ti].[Ti]. The maximum atomic E-state index is 4.00. The molecule has 0 unspecified atom stereocenters. The molecular formula is C26H98Al6B4Ti2. The van der Waals surface area contributed by atoms with Crippen molar-refractivity contribution in [1.82, 2.24) is 0 Å². The van der Waals surface area contributed by atoms with E-state index in [0.29, 0.717) is 0 Å². The predicted octanol–water partition coefficient (Wildman–Crippen LogP) is 7.72. The van der Waals surface area contributed by atoms with E-state index in [1.54, 1.807) is 0 Å². The van der Waals surface area contributed by atoms with Gasteiger partial charge in [0.15, 0.2) is 0 Å². The van der Waals surface area contributed by atoms with Crippen LogP contribution in [0.2, 0.25) is 31.7 Å². The van der Waals surface area contributed by atoms with Gasteiger partial charge in [0, 0.05) is 74.4 Å². The Bertz CT molecular complexity index is 67.2. The van der Waals surface area contributed by atoms with Gasteiger partial charge in [0.1, 0.15) is 0 Å². The summed E-state index contributed by atoms with van der Waals surface area (Å²) in [5, 5.41) is 8.33. The summed E-state index contributed by atoms with van der Waals surface area (Å²) in [5.41, 5.74) is 0. The molecule has 0 spiro atoms. The Morgan fingerprint density at radius 1 is 0.263 bits per heavy atom. The van der Waals surface area contributed by atoms with Gasteiger partial charge in [-0.05, 0) is 0 Å². The molecule has 0 N–H and O–H groups in total. The van der Waals surface area contributed by atoms with Crippen molar-refractivity contribution in [2.45, 2.75) is 177 Å². The molecule has 0 aliphatic rings. The molecule has 240 valence electrons. The van der Waals surface area contributed by atoms with Crippen LogP contribution in [0, 0.1) is 0 Å². The topological polar surface area (TPSA) is 0 Å². The molecule has 0 saturated heterocycles. The zero-order chi connectivity index (χ0) is 20.2. The molecule has 8 radical (unpaired) electrons. The molecule has 0 nitrogen and oxygen atoms in total. The Kier molecular flexibility index (Phi) is 3280. The molecule has 38 heavy (non-hydrogen) atoms. The van der Waals surface area contributed by atoms with E-state index in [9.17, 15) is 0 Å². The molecule has 12 heteroatoms. The first-order valence-corrected chi connectivity index (χ1v) is 17.6. The molecule has 0 aromatic heterocycles. The molecule has 0 aliphatic carbocycles. The Hall–Kier alpha value is 4.88.